The third-order valence-electron chi connectivity index (χ3n) is 2.75. The average molecular weight is 363 g/mol. The van der Waals surface area contributed by atoms with Gasteiger partial charge in [-0.3, -0.25) is 10.1 Å². The number of nitrogens with one attached hydrogen (secondary N) is 1. The van der Waals surface area contributed by atoms with Gasteiger partial charge in [0.25, 0.3) is 5.22 Å². The van der Waals surface area contributed by atoms with Gasteiger partial charge in [-0.1, -0.05) is 23.1 Å². The van der Waals surface area contributed by atoms with E-state index in [1.54, 1.807) is 5.51 Å². The van der Waals surface area contributed by atoms with E-state index < -0.39 is 0 Å². The summed E-state index contributed by atoms with van der Waals surface area (Å²) in [5, 5.41) is 18.7. The third kappa shape index (κ3) is 4.30. The molecule has 1 N–H and O–H groups in total. The zero-order valence-electron chi connectivity index (χ0n) is 12.6. The molecule has 24 heavy (non-hydrogen) atoms. The van der Waals surface area contributed by atoms with Crippen LogP contribution in [0.3, 0.4) is 0 Å². The molecule has 0 unspecified atom stereocenters. The van der Waals surface area contributed by atoms with Gasteiger partial charge in [0.2, 0.25) is 16.9 Å². The molecule has 1 amide bonds. The van der Waals surface area contributed by atoms with Crippen LogP contribution in [-0.4, -0.2) is 38.7 Å². The Labute approximate surface area is 145 Å². The quantitative estimate of drug-likeness (QED) is 0.639. The number of amides is 1. The van der Waals surface area contributed by atoms with Gasteiger partial charge in [-0.15, -0.1) is 20.4 Å². The number of hydrogen-bond acceptors (Lipinski definition) is 9. The number of hydrogen-bond donors (Lipinski definition) is 1. The zero-order valence-corrected chi connectivity index (χ0v) is 14.3. The molecule has 0 aliphatic carbocycles. The molecule has 1 aromatic carbocycles. The summed E-state index contributed by atoms with van der Waals surface area (Å²) in [6.45, 7) is 2.54. The van der Waals surface area contributed by atoms with Crippen LogP contribution in [0.1, 0.15) is 6.92 Å². The smallest absolute Gasteiger partial charge is 0.277 e. The Hall–Kier alpha value is -2.46. The third-order valence-corrected chi connectivity index (χ3v) is 4.18. The molecule has 3 rings (SSSR count). The van der Waals surface area contributed by atoms with Crippen molar-refractivity contribution in [1.82, 2.24) is 20.4 Å². The largest absolute Gasteiger partial charge is 0.494 e. The summed E-state index contributed by atoms with van der Waals surface area (Å²) >= 11 is 2.41. The number of carbonyl (C=O) groups is 1. The van der Waals surface area contributed by atoms with E-state index in [2.05, 4.69) is 25.7 Å². The lowest BCUT2D eigenvalue weighted by Crippen LogP contribution is -2.13. The standard InChI is InChI=1S/C14H13N5O3S2/c1-2-21-10-5-3-9(4-6-10)12-17-19-14(22-12)23-7-11(20)16-13-18-15-8-24-13/h3-6,8H,2,7H2,1H3,(H,16,18,20). The van der Waals surface area contributed by atoms with E-state index in [4.69, 9.17) is 9.15 Å². The minimum atomic E-state index is -0.211. The van der Waals surface area contributed by atoms with E-state index in [1.165, 1.54) is 11.3 Å². The summed E-state index contributed by atoms with van der Waals surface area (Å²) in [7, 11) is 0. The van der Waals surface area contributed by atoms with Crippen LogP contribution in [0.25, 0.3) is 11.5 Å². The minimum Gasteiger partial charge on any atom is -0.494 e. The topological polar surface area (TPSA) is 103 Å². The maximum Gasteiger partial charge on any atom is 0.277 e. The molecule has 0 radical (unpaired) electrons. The number of nitrogens with zero attached hydrogens (tertiary/aromatic N) is 4. The van der Waals surface area contributed by atoms with Crippen LogP contribution in [-0.2, 0) is 4.79 Å². The molecule has 0 spiro atoms. The van der Waals surface area contributed by atoms with E-state index >= 15 is 0 Å². The first-order valence-corrected chi connectivity index (χ1v) is 8.86. The molecule has 0 aliphatic heterocycles. The van der Waals surface area contributed by atoms with E-state index in [9.17, 15) is 4.79 Å². The molecule has 0 atom stereocenters. The monoisotopic (exact) mass is 363 g/mol. The fourth-order valence-corrected chi connectivity index (χ4v) is 2.78. The van der Waals surface area contributed by atoms with Crippen LogP contribution in [0.2, 0.25) is 0 Å². The highest BCUT2D eigenvalue weighted by Gasteiger charge is 2.12. The van der Waals surface area contributed by atoms with Crippen molar-refractivity contribution in [3.63, 3.8) is 0 Å². The highest BCUT2D eigenvalue weighted by atomic mass is 32.2. The van der Waals surface area contributed by atoms with Crippen molar-refractivity contribution in [3.8, 4) is 17.2 Å². The van der Waals surface area contributed by atoms with Gasteiger partial charge < -0.3 is 9.15 Å². The molecular formula is C14H13N5O3S2. The molecule has 0 bridgehead atoms. The van der Waals surface area contributed by atoms with Gasteiger partial charge in [-0.2, -0.15) is 0 Å². The predicted octanol–water partition coefficient (Wildman–Crippen LogP) is 2.72. The fourth-order valence-electron chi connectivity index (χ4n) is 1.76. The molecule has 0 aliphatic rings. The van der Waals surface area contributed by atoms with Crippen LogP contribution in [0.4, 0.5) is 5.13 Å². The SMILES string of the molecule is CCOc1ccc(-c2nnc(SCC(=O)Nc3nncs3)o2)cc1. The number of anilines is 1. The molecule has 3 aromatic rings. The van der Waals surface area contributed by atoms with E-state index in [0.717, 1.165) is 23.1 Å². The lowest BCUT2D eigenvalue weighted by Gasteiger charge is -2.02. The first-order chi connectivity index (χ1) is 11.7. The normalized spacial score (nSPS) is 10.5. The lowest BCUT2D eigenvalue weighted by atomic mass is 10.2. The summed E-state index contributed by atoms with van der Waals surface area (Å²) in [5.41, 5.74) is 2.33. The summed E-state index contributed by atoms with van der Waals surface area (Å²) in [6.07, 6.45) is 0. The Balaban J connectivity index is 1.56. The molecule has 0 saturated carbocycles. The van der Waals surface area contributed by atoms with Crippen LogP contribution in [0.15, 0.2) is 39.4 Å². The van der Waals surface area contributed by atoms with Crippen molar-refractivity contribution in [2.75, 3.05) is 17.7 Å². The molecule has 10 heteroatoms. The predicted molar refractivity (Wildman–Crippen MR) is 90.2 cm³/mol. The number of aromatic nitrogens is 4. The Bertz CT molecular complexity index is 789. The van der Waals surface area contributed by atoms with Crippen LogP contribution in [0.5, 0.6) is 5.75 Å². The van der Waals surface area contributed by atoms with Gasteiger partial charge in [-0.05, 0) is 31.2 Å². The van der Waals surface area contributed by atoms with Crippen LogP contribution in [0, 0.1) is 0 Å². The fraction of sp³-hybridized carbons (Fsp3) is 0.214. The summed E-state index contributed by atoms with van der Waals surface area (Å²) < 4.78 is 10.9. The number of rotatable bonds is 7. The highest BCUT2D eigenvalue weighted by molar-refractivity contribution is 7.99. The van der Waals surface area contributed by atoms with Crippen LogP contribution >= 0.6 is 23.1 Å². The number of benzene rings is 1. The van der Waals surface area contributed by atoms with Crippen molar-refractivity contribution >= 4 is 34.1 Å². The minimum absolute atomic E-state index is 0.143. The van der Waals surface area contributed by atoms with Gasteiger partial charge >= 0.3 is 0 Å². The Morgan fingerprint density at radius 2 is 2.12 bits per heavy atom. The van der Waals surface area contributed by atoms with Gasteiger partial charge in [-0.25, -0.2) is 0 Å². The van der Waals surface area contributed by atoms with Crippen molar-refractivity contribution in [1.29, 1.82) is 0 Å². The molecule has 8 nitrogen and oxygen atoms in total. The first kappa shape index (κ1) is 16.4. The Morgan fingerprint density at radius 1 is 1.29 bits per heavy atom. The molecule has 124 valence electrons. The van der Waals surface area contributed by atoms with Crippen molar-refractivity contribution in [3.05, 3.63) is 29.8 Å². The molecule has 2 aromatic heterocycles. The highest BCUT2D eigenvalue weighted by Crippen LogP contribution is 2.25. The van der Waals surface area contributed by atoms with Crippen molar-refractivity contribution < 1.29 is 13.9 Å². The van der Waals surface area contributed by atoms with E-state index in [1.807, 2.05) is 31.2 Å². The zero-order chi connectivity index (χ0) is 16.8. The molecule has 0 saturated heterocycles. The second-order valence-corrected chi connectivity index (χ2v) is 6.17. The van der Waals surface area contributed by atoms with E-state index in [-0.39, 0.29) is 11.7 Å². The first-order valence-electron chi connectivity index (χ1n) is 7.00. The van der Waals surface area contributed by atoms with Crippen molar-refractivity contribution in [2.45, 2.75) is 12.1 Å². The maximum absolute atomic E-state index is 11.8. The number of thioether (sulfide) groups is 1. The average Bonchev–Trinajstić information content (AvgIpc) is 3.26. The second kappa shape index (κ2) is 7.88. The number of carbonyl (C=O) groups excluding carboxylic acids is 1. The van der Waals surface area contributed by atoms with Gasteiger partial charge in [0.1, 0.15) is 11.3 Å². The number of ether oxygens (including phenoxy) is 1. The van der Waals surface area contributed by atoms with Gasteiger partial charge in [0.05, 0.1) is 12.4 Å². The Morgan fingerprint density at radius 3 is 2.83 bits per heavy atom. The maximum atomic E-state index is 11.8. The molecule has 2 heterocycles. The lowest BCUT2D eigenvalue weighted by molar-refractivity contribution is -0.113. The van der Waals surface area contributed by atoms with E-state index in [0.29, 0.717) is 22.9 Å². The van der Waals surface area contributed by atoms with Gasteiger partial charge in [0, 0.05) is 5.56 Å². The Kier molecular flexibility index (Phi) is 5.39. The van der Waals surface area contributed by atoms with Crippen LogP contribution < -0.4 is 10.1 Å². The summed E-state index contributed by atoms with van der Waals surface area (Å²) in [4.78, 5) is 11.8. The second-order valence-electron chi connectivity index (χ2n) is 4.41. The summed E-state index contributed by atoms with van der Waals surface area (Å²) in [5.74, 6) is 1.11. The molecular weight excluding hydrogens is 350 g/mol. The summed E-state index contributed by atoms with van der Waals surface area (Å²) in [6, 6.07) is 7.36. The molecule has 0 fully saturated rings. The van der Waals surface area contributed by atoms with Crippen molar-refractivity contribution in [2.24, 2.45) is 0 Å². The van der Waals surface area contributed by atoms with Gasteiger partial charge in [0.15, 0.2) is 0 Å².